The second-order valence-electron chi connectivity index (χ2n) is 11.0. The quantitative estimate of drug-likeness (QED) is 0.223. The molecule has 2 aromatic carbocycles. The summed E-state index contributed by atoms with van der Waals surface area (Å²) in [5.74, 6) is 0.937. The highest BCUT2D eigenvalue weighted by Gasteiger charge is 2.24. The topological polar surface area (TPSA) is 97.9 Å². The molecule has 9 nitrogen and oxygen atoms in total. The van der Waals surface area contributed by atoms with E-state index in [-0.39, 0.29) is 17.3 Å². The standard InChI is InChI=1S/C33H30ClN7O2S.ClH/c1-23-5-8-29(9-6-23)44(42,43)41-22-31(27-19-38-40(21-27)20-24-3-2-4-28(34)15-24)30-16-26(18-37-33(30)41)25-7-10-32(36-17-25)39-13-11-35-12-14-39;/h2-10,15-19,21-22,35H,11-14,20H2,1H3;1H. The molecule has 0 amide bonds. The Balaban J connectivity index is 0.00000357. The van der Waals surface area contributed by atoms with Crippen molar-refractivity contribution in [2.24, 2.45) is 0 Å². The molecular weight excluding hydrogens is 629 g/mol. The Morgan fingerprint density at radius 3 is 2.38 bits per heavy atom. The van der Waals surface area contributed by atoms with Crippen molar-refractivity contribution in [3.63, 3.8) is 0 Å². The molecule has 1 aliphatic rings. The Labute approximate surface area is 273 Å². The predicted molar refractivity (Wildman–Crippen MR) is 181 cm³/mol. The van der Waals surface area contributed by atoms with Gasteiger partial charge in [-0.1, -0.05) is 41.4 Å². The van der Waals surface area contributed by atoms with E-state index in [0.717, 1.165) is 59.8 Å². The number of nitrogens with one attached hydrogen (secondary N) is 1. The van der Waals surface area contributed by atoms with Crippen LogP contribution in [0.25, 0.3) is 33.3 Å². The highest BCUT2D eigenvalue weighted by atomic mass is 35.5. The molecular formula is C33H31Cl2N7O2S. The fourth-order valence-corrected chi connectivity index (χ4v) is 7.06. The SMILES string of the molecule is Cc1ccc(S(=O)(=O)n2cc(-c3cnn(Cc4cccc(Cl)c4)c3)c3cc(-c4ccc(N5CCNCC5)nc4)cnc32)cc1.Cl. The largest absolute Gasteiger partial charge is 0.354 e. The number of rotatable bonds is 7. The van der Waals surface area contributed by atoms with E-state index in [1.54, 1.807) is 42.9 Å². The Morgan fingerprint density at radius 1 is 0.867 bits per heavy atom. The molecule has 0 spiro atoms. The van der Waals surface area contributed by atoms with Gasteiger partial charge in [0.15, 0.2) is 5.65 Å². The normalized spacial score (nSPS) is 13.6. The Kier molecular flexibility index (Phi) is 8.65. The molecule has 1 N–H and O–H groups in total. The molecule has 6 aromatic rings. The summed E-state index contributed by atoms with van der Waals surface area (Å²) < 4.78 is 30.9. The van der Waals surface area contributed by atoms with Gasteiger partial charge in [0.2, 0.25) is 0 Å². The maximum absolute atomic E-state index is 13.9. The molecule has 0 unspecified atom stereocenters. The molecule has 0 atom stereocenters. The van der Waals surface area contributed by atoms with E-state index >= 15 is 0 Å². The van der Waals surface area contributed by atoms with Crippen molar-refractivity contribution < 1.29 is 8.42 Å². The number of nitrogens with zero attached hydrogens (tertiary/aromatic N) is 6. The summed E-state index contributed by atoms with van der Waals surface area (Å²) in [6, 6.07) is 20.5. The summed E-state index contributed by atoms with van der Waals surface area (Å²) in [6.45, 7) is 6.15. The first-order chi connectivity index (χ1) is 21.3. The molecule has 230 valence electrons. The predicted octanol–water partition coefficient (Wildman–Crippen LogP) is 6.04. The molecule has 0 aliphatic carbocycles. The number of pyridine rings is 2. The van der Waals surface area contributed by atoms with Crippen molar-refractivity contribution in [3.8, 4) is 22.3 Å². The third-order valence-corrected chi connectivity index (χ3v) is 9.79. The molecule has 45 heavy (non-hydrogen) atoms. The van der Waals surface area contributed by atoms with Crippen LogP contribution in [0.15, 0.2) is 103 Å². The van der Waals surface area contributed by atoms with Crippen molar-refractivity contribution in [2.45, 2.75) is 18.4 Å². The van der Waals surface area contributed by atoms with Gasteiger partial charge in [0.05, 0.1) is 17.6 Å². The second kappa shape index (κ2) is 12.6. The summed E-state index contributed by atoms with van der Waals surface area (Å²) in [5, 5.41) is 9.30. The summed E-state index contributed by atoms with van der Waals surface area (Å²) in [5.41, 5.74) is 5.57. The van der Waals surface area contributed by atoms with Crippen LogP contribution in [0.4, 0.5) is 5.82 Å². The van der Waals surface area contributed by atoms with Crippen LogP contribution < -0.4 is 10.2 Å². The Hall–Kier alpha value is -4.22. The first-order valence-electron chi connectivity index (χ1n) is 14.4. The van der Waals surface area contributed by atoms with Crippen LogP contribution >= 0.6 is 24.0 Å². The van der Waals surface area contributed by atoms with Crippen molar-refractivity contribution in [1.82, 2.24) is 29.0 Å². The van der Waals surface area contributed by atoms with Gasteiger partial charge in [-0.05, 0) is 55.0 Å². The van der Waals surface area contributed by atoms with Gasteiger partial charge in [0.25, 0.3) is 10.0 Å². The number of anilines is 1. The van der Waals surface area contributed by atoms with Gasteiger partial charge in [-0.3, -0.25) is 4.68 Å². The van der Waals surface area contributed by atoms with Gasteiger partial charge >= 0.3 is 0 Å². The van der Waals surface area contributed by atoms with Gasteiger partial charge in [-0.2, -0.15) is 5.10 Å². The van der Waals surface area contributed by atoms with Crippen LogP contribution in [0.2, 0.25) is 5.02 Å². The van der Waals surface area contributed by atoms with Crippen molar-refractivity contribution in [3.05, 3.63) is 114 Å². The average Bonchev–Trinajstić information content (AvgIpc) is 3.66. The number of aromatic nitrogens is 5. The molecule has 5 heterocycles. The lowest BCUT2D eigenvalue weighted by atomic mass is 10.1. The lowest BCUT2D eigenvalue weighted by molar-refractivity contribution is 0.585. The summed E-state index contributed by atoms with van der Waals surface area (Å²) in [6.07, 6.45) is 8.86. The number of halogens is 2. The summed E-state index contributed by atoms with van der Waals surface area (Å²) >= 11 is 6.19. The zero-order chi connectivity index (χ0) is 30.3. The van der Waals surface area contributed by atoms with Crippen molar-refractivity contribution in [2.75, 3.05) is 31.1 Å². The smallest absolute Gasteiger partial charge is 0.269 e. The van der Waals surface area contributed by atoms with E-state index in [1.807, 2.05) is 66.5 Å². The van der Waals surface area contributed by atoms with Crippen LogP contribution in [0.1, 0.15) is 11.1 Å². The van der Waals surface area contributed by atoms with Crippen LogP contribution in [-0.4, -0.2) is 58.3 Å². The minimum Gasteiger partial charge on any atom is -0.354 e. The number of piperazine rings is 1. The minimum absolute atomic E-state index is 0. The zero-order valence-corrected chi connectivity index (χ0v) is 26.9. The third kappa shape index (κ3) is 6.19. The Morgan fingerprint density at radius 2 is 1.64 bits per heavy atom. The molecule has 1 fully saturated rings. The number of fused-ring (bicyclic) bond motifs is 1. The molecule has 1 saturated heterocycles. The van der Waals surface area contributed by atoms with E-state index in [1.165, 1.54) is 3.97 Å². The zero-order valence-electron chi connectivity index (χ0n) is 24.5. The molecule has 0 bridgehead atoms. The van der Waals surface area contributed by atoms with E-state index in [2.05, 4.69) is 15.3 Å². The van der Waals surface area contributed by atoms with Crippen molar-refractivity contribution in [1.29, 1.82) is 0 Å². The monoisotopic (exact) mass is 659 g/mol. The molecule has 7 rings (SSSR count). The van der Waals surface area contributed by atoms with Gasteiger partial charge in [-0.25, -0.2) is 22.4 Å². The van der Waals surface area contributed by atoms with Crippen LogP contribution in [0.3, 0.4) is 0 Å². The van der Waals surface area contributed by atoms with Gasteiger partial charge in [0, 0.05) is 83.6 Å². The maximum Gasteiger partial charge on any atom is 0.269 e. The van der Waals surface area contributed by atoms with E-state index in [9.17, 15) is 8.42 Å². The number of aryl methyl sites for hydroxylation is 1. The van der Waals surface area contributed by atoms with Gasteiger partial charge in [-0.15, -0.1) is 12.4 Å². The fraction of sp³-hybridized carbons (Fsp3) is 0.182. The highest BCUT2D eigenvalue weighted by Crippen LogP contribution is 2.35. The molecule has 0 saturated carbocycles. The first-order valence-corrected chi connectivity index (χ1v) is 16.2. The summed E-state index contributed by atoms with van der Waals surface area (Å²) in [7, 11) is -3.92. The molecule has 4 aromatic heterocycles. The molecule has 0 radical (unpaired) electrons. The van der Waals surface area contributed by atoms with Crippen molar-refractivity contribution >= 4 is 50.9 Å². The summed E-state index contributed by atoms with van der Waals surface area (Å²) in [4.78, 5) is 11.9. The lowest BCUT2D eigenvalue weighted by Gasteiger charge is -2.28. The molecule has 1 aliphatic heterocycles. The number of hydrogen-bond acceptors (Lipinski definition) is 7. The lowest BCUT2D eigenvalue weighted by Crippen LogP contribution is -2.43. The van der Waals surface area contributed by atoms with Crippen LogP contribution in [0, 0.1) is 6.92 Å². The second-order valence-corrected chi connectivity index (χ2v) is 13.2. The number of benzene rings is 2. The van der Waals surface area contributed by atoms with Gasteiger partial charge < -0.3 is 10.2 Å². The Bertz CT molecular complexity index is 2070. The van der Waals surface area contributed by atoms with Gasteiger partial charge in [0.1, 0.15) is 5.82 Å². The highest BCUT2D eigenvalue weighted by molar-refractivity contribution is 7.90. The third-order valence-electron chi connectivity index (χ3n) is 7.89. The van der Waals surface area contributed by atoms with E-state index in [0.29, 0.717) is 28.2 Å². The average molecular weight is 661 g/mol. The van der Waals surface area contributed by atoms with E-state index in [4.69, 9.17) is 21.6 Å². The number of hydrogen-bond donors (Lipinski definition) is 1. The minimum atomic E-state index is -3.92. The maximum atomic E-state index is 13.9. The first kappa shape index (κ1) is 30.8. The van der Waals surface area contributed by atoms with Crippen LogP contribution in [0.5, 0.6) is 0 Å². The molecule has 12 heteroatoms. The van der Waals surface area contributed by atoms with Crippen LogP contribution in [-0.2, 0) is 16.6 Å². The van der Waals surface area contributed by atoms with E-state index < -0.39 is 10.0 Å². The fourth-order valence-electron chi connectivity index (χ4n) is 5.52.